The minimum absolute atomic E-state index is 0.0638. The standard InChI is InChI=1S/C14H18F3NO2S/c1-2-12-5-3-4-10-18(12)21(19,20)13-8-6-11(7-9-13)14(15,16)17/h6-9,12H,2-5,10H2,1H3. The molecule has 0 aliphatic carbocycles. The lowest BCUT2D eigenvalue weighted by molar-refractivity contribution is -0.137. The molecule has 1 aliphatic heterocycles. The summed E-state index contributed by atoms with van der Waals surface area (Å²) in [6.45, 7) is 2.35. The van der Waals surface area contributed by atoms with Crippen molar-refractivity contribution in [2.75, 3.05) is 6.54 Å². The van der Waals surface area contributed by atoms with Crippen LogP contribution in [0.4, 0.5) is 13.2 Å². The largest absolute Gasteiger partial charge is 0.416 e. The molecule has 21 heavy (non-hydrogen) atoms. The molecular weight excluding hydrogens is 303 g/mol. The Hall–Kier alpha value is -1.08. The SMILES string of the molecule is CCC1CCCCN1S(=O)(=O)c1ccc(C(F)(F)F)cc1. The molecule has 0 saturated carbocycles. The van der Waals surface area contributed by atoms with Crippen LogP contribution in [0.15, 0.2) is 29.2 Å². The van der Waals surface area contributed by atoms with Gasteiger partial charge in [-0.1, -0.05) is 13.3 Å². The van der Waals surface area contributed by atoms with Crippen LogP contribution in [0.3, 0.4) is 0 Å². The maximum atomic E-state index is 12.6. The second-order valence-corrected chi connectivity index (χ2v) is 7.09. The Labute approximate surface area is 122 Å². The molecule has 0 radical (unpaired) electrons. The van der Waals surface area contributed by atoms with Crippen LogP contribution in [-0.2, 0) is 16.2 Å². The van der Waals surface area contributed by atoms with E-state index in [1.807, 2.05) is 6.92 Å². The van der Waals surface area contributed by atoms with Gasteiger partial charge < -0.3 is 0 Å². The van der Waals surface area contributed by atoms with E-state index in [0.29, 0.717) is 13.0 Å². The van der Waals surface area contributed by atoms with Crippen molar-refractivity contribution in [1.29, 1.82) is 0 Å². The normalized spacial score (nSPS) is 21.4. The number of alkyl halides is 3. The molecule has 2 rings (SSSR count). The highest BCUT2D eigenvalue weighted by atomic mass is 32.2. The molecule has 0 bridgehead atoms. The summed E-state index contributed by atoms with van der Waals surface area (Å²) >= 11 is 0. The van der Waals surface area contributed by atoms with E-state index in [1.54, 1.807) is 0 Å². The van der Waals surface area contributed by atoms with Gasteiger partial charge in [0, 0.05) is 12.6 Å². The van der Waals surface area contributed by atoms with Crippen molar-refractivity contribution in [3.05, 3.63) is 29.8 Å². The predicted octanol–water partition coefficient (Wildman–Crippen LogP) is 3.66. The maximum absolute atomic E-state index is 12.6. The van der Waals surface area contributed by atoms with E-state index in [4.69, 9.17) is 0 Å². The van der Waals surface area contributed by atoms with Crippen molar-refractivity contribution in [3.8, 4) is 0 Å². The first-order valence-electron chi connectivity index (χ1n) is 6.96. The molecule has 1 aliphatic rings. The lowest BCUT2D eigenvalue weighted by atomic mass is 10.0. The summed E-state index contributed by atoms with van der Waals surface area (Å²) < 4.78 is 64.1. The van der Waals surface area contributed by atoms with Crippen LogP contribution in [0.5, 0.6) is 0 Å². The van der Waals surface area contributed by atoms with Gasteiger partial charge >= 0.3 is 6.18 Å². The van der Waals surface area contributed by atoms with E-state index in [0.717, 1.165) is 43.5 Å². The van der Waals surface area contributed by atoms with E-state index in [-0.39, 0.29) is 10.9 Å². The molecule has 3 nitrogen and oxygen atoms in total. The summed E-state index contributed by atoms with van der Waals surface area (Å²) in [5.74, 6) is 0. The van der Waals surface area contributed by atoms with Crippen LogP contribution in [0, 0.1) is 0 Å². The van der Waals surface area contributed by atoms with Gasteiger partial charge in [0.2, 0.25) is 10.0 Å². The zero-order chi connectivity index (χ0) is 15.7. The van der Waals surface area contributed by atoms with Gasteiger partial charge in [0.25, 0.3) is 0 Å². The molecule has 1 atom stereocenters. The average Bonchev–Trinajstić information content (AvgIpc) is 2.46. The molecule has 1 aromatic rings. The minimum Gasteiger partial charge on any atom is -0.207 e. The molecule has 1 heterocycles. The number of halogens is 3. The molecule has 1 saturated heterocycles. The van der Waals surface area contributed by atoms with Crippen molar-refractivity contribution >= 4 is 10.0 Å². The van der Waals surface area contributed by atoms with Gasteiger partial charge in [-0.15, -0.1) is 0 Å². The van der Waals surface area contributed by atoms with Crippen molar-refractivity contribution < 1.29 is 21.6 Å². The minimum atomic E-state index is -4.46. The summed E-state index contributed by atoms with van der Waals surface area (Å²) in [6, 6.07) is 3.65. The summed E-state index contributed by atoms with van der Waals surface area (Å²) in [7, 11) is -3.72. The number of piperidine rings is 1. The Bertz CT molecular complexity index is 581. The Morgan fingerprint density at radius 1 is 1.19 bits per heavy atom. The van der Waals surface area contributed by atoms with E-state index in [1.165, 1.54) is 4.31 Å². The van der Waals surface area contributed by atoms with E-state index >= 15 is 0 Å². The number of hydrogen-bond acceptors (Lipinski definition) is 2. The zero-order valence-corrected chi connectivity index (χ0v) is 12.5. The number of rotatable bonds is 3. The van der Waals surface area contributed by atoms with Crippen LogP contribution in [0.25, 0.3) is 0 Å². The quantitative estimate of drug-likeness (QED) is 0.852. The summed E-state index contributed by atoms with van der Waals surface area (Å²) in [5, 5.41) is 0. The highest BCUT2D eigenvalue weighted by Crippen LogP contribution is 2.31. The first kappa shape index (κ1) is 16.3. The smallest absolute Gasteiger partial charge is 0.207 e. The predicted molar refractivity (Wildman–Crippen MR) is 73.3 cm³/mol. The Balaban J connectivity index is 2.31. The third-order valence-electron chi connectivity index (χ3n) is 3.83. The highest BCUT2D eigenvalue weighted by Gasteiger charge is 2.34. The summed E-state index contributed by atoms with van der Waals surface area (Å²) in [6.07, 6.45) is -1.18. The lowest BCUT2D eigenvalue weighted by Crippen LogP contribution is -2.43. The number of benzene rings is 1. The molecule has 0 N–H and O–H groups in total. The first-order valence-corrected chi connectivity index (χ1v) is 8.40. The van der Waals surface area contributed by atoms with Gasteiger partial charge in [-0.2, -0.15) is 17.5 Å². The monoisotopic (exact) mass is 321 g/mol. The number of nitrogens with zero attached hydrogens (tertiary/aromatic N) is 1. The molecule has 1 aromatic carbocycles. The van der Waals surface area contributed by atoms with E-state index < -0.39 is 21.8 Å². The van der Waals surface area contributed by atoms with E-state index in [9.17, 15) is 21.6 Å². The fourth-order valence-electron chi connectivity index (χ4n) is 2.65. The molecule has 7 heteroatoms. The molecular formula is C14H18F3NO2S. The fourth-order valence-corrected chi connectivity index (χ4v) is 4.42. The van der Waals surface area contributed by atoms with Crippen LogP contribution in [-0.4, -0.2) is 25.3 Å². The summed E-state index contributed by atoms with van der Waals surface area (Å²) in [5.41, 5.74) is -0.841. The second-order valence-electron chi connectivity index (χ2n) is 5.20. The van der Waals surface area contributed by atoms with Crippen LogP contribution >= 0.6 is 0 Å². The Morgan fingerprint density at radius 3 is 2.33 bits per heavy atom. The van der Waals surface area contributed by atoms with Gasteiger partial charge in [0.15, 0.2) is 0 Å². The molecule has 1 fully saturated rings. The third-order valence-corrected chi connectivity index (χ3v) is 5.80. The lowest BCUT2D eigenvalue weighted by Gasteiger charge is -2.34. The first-order chi connectivity index (χ1) is 9.76. The average molecular weight is 321 g/mol. The van der Waals surface area contributed by atoms with Crippen molar-refractivity contribution in [3.63, 3.8) is 0 Å². The Morgan fingerprint density at radius 2 is 1.81 bits per heavy atom. The van der Waals surface area contributed by atoms with Crippen molar-refractivity contribution in [2.24, 2.45) is 0 Å². The molecule has 0 spiro atoms. The van der Waals surface area contributed by atoms with Gasteiger partial charge in [0.1, 0.15) is 0 Å². The van der Waals surface area contributed by atoms with Crippen molar-refractivity contribution in [2.45, 2.75) is 49.7 Å². The van der Waals surface area contributed by atoms with Gasteiger partial charge in [-0.3, -0.25) is 0 Å². The third kappa shape index (κ3) is 3.40. The zero-order valence-electron chi connectivity index (χ0n) is 11.7. The van der Waals surface area contributed by atoms with Crippen LogP contribution < -0.4 is 0 Å². The topological polar surface area (TPSA) is 37.4 Å². The highest BCUT2D eigenvalue weighted by molar-refractivity contribution is 7.89. The van der Waals surface area contributed by atoms with Gasteiger partial charge in [-0.05, 0) is 43.5 Å². The molecule has 0 amide bonds. The van der Waals surface area contributed by atoms with Crippen LogP contribution in [0.1, 0.15) is 38.2 Å². The molecule has 1 unspecified atom stereocenters. The number of hydrogen-bond donors (Lipinski definition) is 0. The van der Waals surface area contributed by atoms with Gasteiger partial charge in [-0.25, -0.2) is 8.42 Å². The van der Waals surface area contributed by atoms with Crippen molar-refractivity contribution in [1.82, 2.24) is 4.31 Å². The van der Waals surface area contributed by atoms with E-state index in [2.05, 4.69) is 0 Å². The Kier molecular flexibility index (Phi) is 4.63. The number of sulfonamides is 1. The second kappa shape index (κ2) is 5.96. The molecule has 118 valence electrons. The van der Waals surface area contributed by atoms with Gasteiger partial charge in [0.05, 0.1) is 10.5 Å². The summed E-state index contributed by atoms with van der Waals surface area (Å²) in [4.78, 5) is -0.0733. The molecule has 0 aromatic heterocycles. The van der Waals surface area contributed by atoms with Crippen LogP contribution in [0.2, 0.25) is 0 Å². The maximum Gasteiger partial charge on any atom is 0.416 e. The fraction of sp³-hybridized carbons (Fsp3) is 0.571.